The maximum atomic E-state index is 13.3. The fourth-order valence-corrected chi connectivity index (χ4v) is 1.86. The zero-order chi connectivity index (χ0) is 14.5. The molecule has 2 rings (SSSR count). The number of halogens is 2. The van der Waals surface area contributed by atoms with Gasteiger partial charge in [0.05, 0.1) is 11.8 Å². The van der Waals surface area contributed by atoms with Gasteiger partial charge in [-0.05, 0) is 25.0 Å². The molecular formula is C13H14F2N2O3. The first-order valence-corrected chi connectivity index (χ1v) is 6.22. The molecule has 108 valence electrons. The number of carbonyl (C=O) groups excluding carboxylic acids is 2. The number of carbonyl (C=O) groups is 2. The van der Waals surface area contributed by atoms with Crippen molar-refractivity contribution in [1.82, 2.24) is 5.32 Å². The largest absolute Gasteiger partial charge is 0.376 e. The third-order valence-corrected chi connectivity index (χ3v) is 2.90. The second-order valence-corrected chi connectivity index (χ2v) is 4.42. The molecule has 1 aliphatic heterocycles. The van der Waals surface area contributed by atoms with Gasteiger partial charge in [0.25, 0.3) is 0 Å². The lowest BCUT2D eigenvalue weighted by atomic mass is 10.2. The van der Waals surface area contributed by atoms with Crippen molar-refractivity contribution in [2.75, 3.05) is 18.5 Å². The van der Waals surface area contributed by atoms with Gasteiger partial charge >= 0.3 is 11.8 Å². The molecule has 7 heteroatoms. The summed E-state index contributed by atoms with van der Waals surface area (Å²) in [5.41, 5.74) is -0.247. The quantitative estimate of drug-likeness (QED) is 0.820. The van der Waals surface area contributed by atoms with Gasteiger partial charge in [-0.1, -0.05) is 0 Å². The van der Waals surface area contributed by atoms with Crippen LogP contribution in [0.3, 0.4) is 0 Å². The van der Waals surface area contributed by atoms with E-state index in [-0.39, 0.29) is 18.3 Å². The molecule has 1 atom stereocenters. The maximum Gasteiger partial charge on any atom is 0.313 e. The molecule has 1 aromatic rings. The Bertz CT molecular complexity index is 516. The van der Waals surface area contributed by atoms with Crippen LogP contribution in [-0.2, 0) is 14.3 Å². The Morgan fingerprint density at radius 3 is 2.75 bits per heavy atom. The number of benzene rings is 1. The predicted molar refractivity (Wildman–Crippen MR) is 67.0 cm³/mol. The molecule has 0 aromatic heterocycles. The summed E-state index contributed by atoms with van der Waals surface area (Å²) in [6, 6.07) is 2.67. The van der Waals surface area contributed by atoms with Crippen LogP contribution in [0, 0.1) is 11.6 Å². The van der Waals surface area contributed by atoms with Crippen molar-refractivity contribution in [2.45, 2.75) is 18.9 Å². The Balaban J connectivity index is 1.85. The molecule has 1 heterocycles. The minimum Gasteiger partial charge on any atom is -0.376 e. The van der Waals surface area contributed by atoms with Crippen LogP contribution >= 0.6 is 0 Å². The van der Waals surface area contributed by atoms with Crippen LogP contribution in [0.1, 0.15) is 12.8 Å². The van der Waals surface area contributed by atoms with Gasteiger partial charge in [0, 0.05) is 19.2 Å². The smallest absolute Gasteiger partial charge is 0.313 e. The summed E-state index contributed by atoms with van der Waals surface area (Å²) in [6.07, 6.45) is 1.66. The molecule has 1 aliphatic rings. The van der Waals surface area contributed by atoms with Crippen molar-refractivity contribution >= 4 is 17.5 Å². The van der Waals surface area contributed by atoms with Crippen LogP contribution in [0.15, 0.2) is 18.2 Å². The van der Waals surface area contributed by atoms with Crippen molar-refractivity contribution < 1.29 is 23.1 Å². The van der Waals surface area contributed by atoms with E-state index < -0.39 is 23.4 Å². The van der Waals surface area contributed by atoms with E-state index >= 15 is 0 Å². The third-order valence-electron chi connectivity index (χ3n) is 2.90. The monoisotopic (exact) mass is 284 g/mol. The second-order valence-electron chi connectivity index (χ2n) is 4.42. The highest BCUT2D eigenvalue weighted by molar-refractivity contribution is 6.39. The van der Waals surface area contributed by atoms with E-state index in [2.05, 4.69) is 10.6 Å². The molecule has 2 amide bonds. The van der Waals surface area contributed by atoms with Crippen LogP contribution in [0.25, 0.3) is 0 Å². The Morgan fingerprint density at radius 1 is 1.30 bits per heavy atom. The average Bonchev–Trinajstić information content (AvgIpc) is 2.92. The number of amides is 2. The number of rotatable bonds is 3. The lowest BCUT2D eigenvalue weighted by Gasteiger charge is -2.11. The number of hydrogen-bond acceptors (Lipinski definition) is 3. The van der Waals surface area contributed by atoms with E-state index in [9.17, 15) is 18.4 Å². The van der Waals surface area contributed by atoms with Crippen LogP contribution < -0.4 is 10.6 Å². The zero-order valence-corrected chi connectivity index (χ0v) is 10.6. The highest BCUT2D eigenvalue weighted by Gasteiger charge is 2.20. The zero-order valence-electron chi connectivity index (χ0n) is 10.6. The van der Waals surface area contributed by atoms with Gasteiger partial charge in [0.1, 0.15) is 11.6 Å². The number of hydrogen-bond donors (Lipinski definition) is 2. The minimum absolute atomic E-state index is 0.0886. The summed E-state index contributed by atoms with van der Waals surface area (Å²) >= 11 is 0. The van der Waals surface area contributed by atoms with E-state index in [1.165, 1.54) is 0 Å². The molecule has 2 N–H and O–H groups in total. The molecular weight excluding hydrogens is 270 g/mol. The van der Waals surface area contributed by atoms with Gasteiger partial charge in [-0.2, -0.15) is 0 Å². The highest BCUT2D eigenvalue weighted by Crippen LogP contribution is 2.14. The normalized spacial score (nSPS) is 17.8. The number of nitrogens with one attached hydrogen (secondary N) is 2. The minimum atomic E-state index is -1.01. The van der Waals surface area contributed by atoms with Crippen LogP contribution in [0.4, 0.5) is 14.5 Å². The van der Waals surface area contributed by atoms with Crippen LogP contribution in [0.2, 0.25) is 0 Å². The number of ether oxygens (including phenoxy) is 1. The molecule has 1 saturated heterocycles. The van der Waals surface area contributed by atoms with Crippen LogP contribution in [-0.4, -0.2) is 31.1 Å². The first-order chi connectivity index (χ1) is 9.56. The molecule has 1 aromatic carbocycles. The molecule has 0 spiro atoms. The Labute approximate surface area is 114 Å². The Hall–Kier alpha value is -2.02. The first kappa shape index (κ1) is 14.4. The molecule has 1 fully saturated rings. The van der Waals surface area contributed by atoms with Crippen molar-refractivity contribution in [1.29, 1.82) is 0 Å². The molecule has 0 bridgehead atoms. The van der Waals surface area contributed by atoms with E-state index in [1.807, 2.05) is 0 Å². The molecule has 5 nitrogen and oxygen atoms in total. The van der Waals surface area contributed by atoms with E-state index in [0.29, 0.717) is 12.7 Å². The maximum absolute atomic E-state index is 13.3. The Morgan fingerprint density at radius 2 is 2.10 bits per heavy atom. The fourth-order valence-electron chi connectivity index (χ4n) is 1.86. The van der Waals surface area contributed by atoms with Gasteiger partial charge in [0.15, 0.2) is 0 Å². The van der Waals surface area contributed by atoms with Crippen molar-refractivity contribution in [2.24, 2.45) is 0 Å². The van der Waals surface area contributed by atoms with Gasteiger partial charge in [0.2, 0.25) is 0 Å². The number of anilines is 1. The standard InChI is InChI=1S/C13H14F2N2O3/c14-8-3-4-11(10(15)6-8)17-13(19)12(18)16-7-9-2-1-5-20-9/h3-4,6,9H,1-2,5,7H2,(H,16,18)(H,17,19). The SMILES string of the molecule is O=C(NCC1CCCO1)C(=O)Nc1ccc(F)cc1F. The van der Waals surface area contributed by atoms with Crippen molar-refractivity contribution in [3.05, 3.63) is 29.8 Å². The lowest BCUT2D eigenvalue weighted by molar-refractivity contribution is -0.136. The summed E-state index contributed by atoms with van der Waals surface area (Å²) in [5.74, 6) is -3.59. The van der Waals surface area contributed by atoms with E-state index in [1.54, 1.807) is 0 Å². The van der Waals surface area contributed by atoms with Crippen LogP contribution in [0.5, 0.6) is 0 Å². The summed E-state index contributed by atoms with van der Waals surface area (Å²) < 4.78 is 31.3. The van der Waals surface area contributed by atoms with Gasteiger partial charge in [-0.15, -0.1) is 0 Å². The summed E-state index contributed by atoms with van der Waals surface area (Å²) in [5, 5.41) is 4.48. The molecule has 1 unspecified atom stereocenters. The second kappa shape index (κ2) is 6.42. The first-order valence-electron chi connectivity index (χ1n) is 6.22. The summed E-state index contributed by atoms with van der Waals surface area (Å²) in [7, 11) is 0. The molecule has 0 aliphatic carbocycles. The summed E-state index contributed by atoms with van der Waals surface area (Å²) in [6.45, 7) is 0.881. The topological polar surface area (TPSA) is 67.4 Å². The predicted octanol–water partition coefficient (Wildman–Crippen LogP) is 1.20. The third kappa shape index (κ3) is 3.74. The highest BCUT2D eigenvalue weighted by atomic mass is 19.1. The van der Waals surface area contributed by atoms with Crippen molar-refractivity contribution in [3.8, 4) is 0 Å². The fraction of sp³-hybridized carbons (Fsp3) is 0.385. The van der Waals surface area contributed by atoms with Crippen molar-refractivity contribution in [3.63, 3.8) is 0 Å². The van der Waals surface area contributed by atoms with E-state index in [0.717, 1.165) is 25.0 Å². The van der Waals surface area contributed by atoms with Gasteiger partial charge in [-0.3, -0.25) is 9.59 Å². The molecule has 20 heavy (non-hydrogen) atoms. The van der Waals surface area contributed by atoms with E-state index in [4.69, 9.17) is 4.74 Å². The summed E-state index contributed by atoms with van der Waals surface area (Å²) in [4.78, 5) is 23.0. The molecule has 0 radical (unpaired) electrons. The Kier molecular flexibility index (Phi) is 4.62. The van der Waals surface area contributed by atoms with Gasteiger partial charge in [-0.25, -0.2) is 8.78 Å². The van der Waals surface area contributed by atoms with Gasteiger partial charge < -0.3 is 15.4 Å². The average molecular weight is 284 g/mol. The molecule has 0 saturated carbocycles. The lowest BCUT2D eigenvalue weighted by Crippen LogP contribution is -2.39.